The van der Waals surface area contributed by atoms with Crippen molar-refractivity contribution < 1.29 is 14.4 Å². The number of hydrogen-bond acceptors (Lipinski definition) is 4. The summed E-state index contributed by atoms with van der Waals surface area (Å²) >= 11 is 0. The first-order valence-corrected chi connectivity index (χ1v) is 12.3. The molecule has 0 radical (unpaired) electrons. The highest BCUT2D eigenvalue weighted by molar-refractivity contribution is 6.06. The van der Waals surface area contributed by atoms with Crippen LogP contribution in [-0.4, -0.2) is 49.3 Å². The first-order valence-electron chi connectivity index (χ1n) is 12.3. The molecule has 0 spiro atoms. The third-order valence-electron chi connectivity index (χ3n) is 5.72. The maximum Gasteiger partial charge on any atom is 0.258 e. The molecule has 0 saturated heterocycles. The summed E-state index contributed by atoms with van der Waals surface area (Å²) in [5.41, 5.74) is 3.35. The predicted octanol–water partition coefficient (Wildman–Crippen LogP) is 5.28. The topological polar surface area (TPSA) is 81.8 Å². The highest BCUT2D eigenvalue weighted by Gasteiger charge is 2.15. The van der Waals surface area contributed by atoms with Gasteiger partial charge in [-0.05, 0) is 73.5 Å². The molecule has 0 saturated carbocycles. The van der Waals surface area contributed by atoms with Crippen molar-refractivity contribution in [3.8, 4) is 0 Å². The quantitative estimate of drug-likeness (QED) is 0.387. The molecule has 0 aromatic heterocycles. The van der Waals surface area contributed by atoms with E-state index in [0.717, 1.165) is 37.3 Å². The van der Waals surface area contributed by atoms with E-state index < -0.39 is 0 Å². The number of rotatable bonds is 11. The molecule has 0 aliphatic rings. The summed E-state index contributed by atoms with van der Waals surface area (Å²) in [5, 5.41) is 5.90. The lowest BCUT2D eigenvalue weighted by molar-refractivity contribution is -0.114. The van der Waals surface area contributed by atoms with E-state index in [1.165, 1.54) is 0 Å². The van der Waals surface area contributed by atoms with Crippen LogP contribution in [0.15, 0.2) is 78.9 Å². The maximum atomic E-state index is 12.7. The monoisotopic (exact) mass is 486 g/mol. The third kappa shape index (κ3) is 7.18. The zero-order valence-electron chi connectivity index (χ0n) is 21.2. The Bertz CT molecular complexity index is 1140. The van der Waals surface area contributed by atoms with Crippen LogP contribution < -0.4 is 15.5 Å². The second-order valence-electron chi connectivity index (χ2n) is 8.55. The molecule has 3 rings (SSSR count). The standard InChI is InChI=1S/C29H34N4O3/c1-4-19-33(20-5-2)29(36)23-13-17-25(18-14-23)31-27(34)21-30-24-15-11-22(12-16-24)28(35)32(3)26-9-7-6-8-10-26/h6-18,30H,4-5,19-21H2,1-3H3,(H,31,34). The van der Waals surface area contributed by atoms with Gasteiger partial charge in [-0.25, -0.2) is 0 Å². The fourth-order valence-corrected chi connectivity index (χ4v) is 3.81. The number of hydrogen-bond donors (Lipinski definition) is 2. The summed E-state index contributed by atoms with van der Waals surface area (Å²) in [5.74, 6) is -0.313. The number of amides is 3. The number of nitrogens with zero attached hydrogens (tertiary/aromatic N) is 2. The lowest BCUT2D eigenvalue weighted by atomic mass is 10.1. The average molecular weight is 487 g/mol. The molecule has 3 amide bonds. The Balaban J connectivity index is 1.50. The van der Waals surface area contributed by atoms with Crippen molar-refractivity contribution in [3.63, 3.8) is 0 Å². The Morgan fingerprint density at radius 1 is 0.694 bits per heavy atom. The van der Waals surface area contributed by atoms with Gasteiger partial charge in [-0.3, -0.25) is 14.4 Å². The van der Waals surface area contributed by atoms with Crippen molar-refractivity contribution >= 4 is 34.8 Å². The highest BCUT2D eigenvalue weighted by Crippen LogP contribution is 2.17. The van der Waals surface area contributed by atoms with E-state index in [0.29, 0.717) is 16.8 Å². The van der Waals surface area contributed by atoms with Crippen LogP contribution in [-0.2, 0) is 4.79 Å². The predicted molar refractivity (Wildman–Crippen MR) is 146 cm³/mol. The van der Waals surface area contributed by atoms with E-state index in [4.69, 9.17) is 0 Å². The SMILES string of the molecule is CCCN(CCC)C(=O)c1ccc(NC(=O)CNc2ccc(C(=O)N(C)c3ccccc3)cc2)cc1. The van der Waals surface area contributed by atoms with Crippen LogP contribution in [0.4, 0.5) is 17.1 Å². The van der Waals surface area contributed by atoms with Crippen molar-refractivity contribution in [2.45, 2.75) is 26.7 Å². The van der Waals surface area contributed by atoms with Gasteiger partial charge in [-0.15, -0.1) is 0 Å². The zero-order chi connectivity index (χ0) is 25.9. The fourth-order valence-electron chi connectivity index (χ4n) is 3.81. The van der Waals surface area contributed by atoms with Crippen molar-refractivity contribution in [1.29, 1.82) is 0 Å². The number of anilines is 3. The van der Waals surface area contributed by atoms with E-state index in [1.807, 2.05) is 35.2 Å². The van der Waals surface area contributed by atoms with Crippen LogP contribution in [0.5, 0.6) is 0 Å². The molecule has 0 bridgehead atoms. The number of carbonyl (C=O) groups excluding carboxylic acids is 3. The highest BCUT2D eigenvalue weighted by atomic mass is 16.2. The molecule has 7 heteroatoms. The van der Waals surface area contributed by atoms with Gasteiger partial charge in [-0.1, -0.05) is 32.0 Å². The molecule has 0 heterocycles. The minimum Gasteiger partial charge on any atom is -0.376 e. The van der Waals surface area contributed by atoms with Crippen LogP contribution in [0.25, 0.3) is 0 Å². The van der Waals surface area contributed by atoms with Gasteiger partial charge in [-0.2, -0.15) is 0 Å². The van der Waals surface area contributed by atoms with Gasteiger partial charge in [0.15, 0.2) is 0 Å². The van der Waals surface area contributed by atoms with Crippen LogP contribution >= 0.6 is 0 Å². The minimum absolute atomic E-state index is 0.00938. The van der Waals surface area contributed by atoms with Crippen molar-refractivity contribution in [2.75, 3.05) is 42.2 Å². The van der Waals surface area contributed by atoms with Gasteiger partial charge >= 0.3 is 0 Å². The molecule has 0 aliphatic heterocycles. The van der Waals surface area contributed by atoms with Crippen LogP contribution in [0.2, 0.25) is 0 Å². The number of para-hydroxylation sites is 1. The largest absolute Gasteiger partial charge is 0.376 e. The van der Waals surface area contributed by atoms with Crippen LogP contribution in [0, 0.1) is 0 Å². The second kappa shape index (κ2) is 13.1. The molecule has 188 valence electrons. The summed E-state index contributed by atoms with van der Waals surface area (Å²) in [6.07, 6.45) is 1.83. The summed E-state index contributed by atoms with van der Waals surface area (Å²) in [4.78, 5) is 41.3. The van der Waals surface area contributed by atoms with Crippen molar-refractivity contribution in [2.24, 2.45) is 0 Å². The molecular formula is C29H34N4O3. The van der Waals surface area contributed by atoms with Crippen LogP contribution in [0.1, 0.15) is 47.4 Å². The molecule has 2 N–H and O–H groups in total. The van der Waals surface area contributed by atoms with E-state index in [9.17, 15) is 14.4 Å². The van der Waals surface area contributed by atoms with Gasteiger partial charge in [0.1, 0.15) is 0 Å². The molecular weight excluding hydrogens is 452 g/mol. The minimum atomic E-state index is -0.211. The Morgan fingerprint density at radius 2 is 1.22 bits per heavy atom. The first-order chi connectivity index (χ1) is 17.4. The molecule has 0 aliphatic carbocycles. The van der Waals surface area contributed by atoms with Gasteiger partial charge in [0, 0.05) is 48.3 Å². The number of carbonyl (C=O) groups is 3. The lowest BCUT2D eigenvalue weighted by Crippen LogP contribution is -2.32. The molecule has 3 aromatic carbocycles. The van der Waals surface area contributed by atoms with Crippen molar-refractivity contribution in [3.05, 3.63) is 90.0 Å². The number of nitrogens with one attached hydrogen (secondary N) is 2. The van der Waals surface area contributed by atoms with Gasteiger partial charge < -0.3 is 20.4 Å². The van der Waals surface area contributed by atoms with E-state index in [1.54, 1.807) is 60.5 Å². The zero-order valence-corrected chi connectivity index (χ0v) is 21.2. The third-order valence-corrected chi connectivity index (χ3v) is 5.72. The first kappa shape index (κ1) is 26.5. The molecule has 0 atom stereocenters. The smallest absolute Gasteiger partial charge is 0.258 e. The van der Waals surface area contributed by atoms with Gasteiger partial charge in [0.2, 0.25) is 5.91 Å². The summed E-state index contributed by atoms with van der Waals surface area (Å²) < 4.78 is 0. The second-order valence-corrected chi connectivity index (χ2v) is 8.55. The molecule has 0 unspecified atom stereocenters. The Morgan fingerprint density at radius 3 is 1.78 bits per heavy atom. The number of benzene rings is 3. The molecule has 0 fully saturated rings. The summed E-state index contributed by atoms with van der Waals surface area (Å²) in [7, 11) is 1.74. The molecule has 3 aromatic rings. The Kier molecular flexibility index (Phi) is 9.63. The van der Waals surface area contributed by atoms with Crippen molar-refractivity contribution in [1.82, 2.24) is 4.90 Å². The Labute approximate surface area is 213 Å². The van der Waals surface area contributed by atoms with E-state index in [-0.39, 0.29) is 24.3 Å². The van der Waals surface area contributed by atoms with Gasteiger partial charge in [0.25, 0.3) is 11.8 Å². The maximum absolute atomic E-state index is 12.7. The molecule has 36 heavy (non-hydrogen) atoms. The Hall–Kier alpha value is -4.13. The van der Waals surface area contributed by atoms with E-state index in [2.05, 4.69) is 24.5 Å². The van der Waals surface area contributed by atoms with Gasteiger partial charge in [0.05, 0.1) is 6.54 Å². The molecule has 7 nitrogen and oxygen atoms in total. The van der Waals surface area contributed by atoms with Crippen LogP contribution in [0.3, 0.4) is 0 Å². The fraction of sp³-hybridized carbons (Fsp3) is 0.276. The summed E-state index contributed by atoms with van der Waals surface area (Å²) in [6, 6.07) is 23.4. The average Bonchev–Trinajstić information content (AvgIpc) is 2.92. The normalized spacial score (nSPS) is 10.4. The lowest BCUT2D eigenvalue weighted by Gasteiger charge is -2.21. The summed E-state index contributed by atoms with van der Waals surface area (Å²) in [6.45, 7) is 5.65. The van der Waals surface area contributed by atoms with E-state index >= 15 is 0 Å².